The highest BCUT2D eigenvalue weighted by Gasteiger charge is 2.13. The second-order valence-electron chi connectivity index (χ2n) is 9.76. The van der Waals surface area contributed by atoms with Gasteiger partial charge in [-0.3, -0.25) is 4.98 Å². The van der Waals surface area contributed by atoms with Gasteiger partial charge in [-0.25, -0.2) is 4.39 Å². The van der Waals surface area contributed by atoms with Crippen molar-refractivity contribution < 1.29 is 4.39 Å². The van der Waals surface area contributed by atoms with E-state index >= 15 is 0 Å². The summed E-state index contributed by atoms with van der Waals surface area (Å²) >= 11 is 0. The van der Waals surface area contributed by atoms with Gasteiger partial charge in [0, 0.05) is 65.5 Å². The van der Waals surface area contributed by atoms with Gasteiger partial charge in [0.2, 0.25) is 0 Å². The number of H-pyrrole nitrogens is 1. The minimum atomic E-state index is -0.285. The summed E-state index contributed by atoms with van der Waals surface area (Å²) < 4.78 is 13.9. The lowest BCUT2D eigenvalue weighted by Gasteiger charge is -2.16. The molecule has 0 spiro atoms. The molecule has 0 atom stereocenters. The number of nitrogens with zero attached hydrogens (tertiary/aromatic N) is 2. The molecule has 42 heavy (non-hydrogen) atoms. The number of aromatic amines is 1. The monoisotopic (exact) mass is 563 g/mol. The van der Waals surface area contributed by atoms with Crippen LogP contribution in [0.1, 0.15) is 19.5 Å². The third-order valence-corrected chi connectivity index (χ3v) is 6.42. The van der Waals surface area contributed by atoms with E-state index in [1.165, 1.54) is 12.1 Å². The molecule has 218 valence electrons. The molecule has 0 saturated heterocycles. The normalized spacial score (nSPS) is 12.5. The summed E-state index contributed by atoms with van der Waals surface area (Å²) in [7, 11) is 5.88. The third-order valence-electron chi connectivity index (χ3n) is 6.42. The highest BCUT2D eigenvalue weighted by molar-refractivity contribution is 5.93. The zero-order chi connectivity index (χ0) is 31.2. The number of nitrogens with one attached hydrogen (secondary N) is 3. The standard InChI is InChI=1S/C34H40FN5.C2H2/c1-9-25(26(10-2)19-30(11-3)38-23(4)22-40(7)8)17-28(24(5)36-6)20-31-21-32-33(39-31)15-16-37-34(32)27-13-12-14-29(35)18-27;1-2/h9-19,21,36,38-39H,3-5,20,22H2,1-2,6-8H3;1-2H/b25-9+,26-10+,28-17-,30-19+;. The maximum atomic E-state index is 13.9. The van der Waals surface area contributed by atoms with Gasteiger partial charge in [-0.05, 0) is 87.2 Å². The van der Waals surface area contributed by atoms with Gasteiger partial charge in [-0.2, -0.15) is 0 Å². The van der Waals surface area contributed by atoms with E-state index < -0.39 is 0 Å². The van der Waals surface area contributed by atoms with Gasteiger partial charge >= 0.3 is 0 Å². The van der Waals surface area contributed by atoms with Crippen molar-refractivity contribution in [1.82, 2.24) is 25.5 Å². The number of benzene rings is 1. The summed E-state index contributed by atoms with van der Waals surface area (Å²) in [5, 5.41) is 7.51. The van der Waals surface area contributed by atoms with Crippen LogP contribution in [-0.4, -0.2) is 42.6 Å². The fourth-order valence-corrected chi connectivity index (χ4v) is 4.48. The van der Waals surface area contributed by atoms with Gasteiger partial charge in [0.05, 0.1) is 5.69 Å². The molecular formula is C36H42FN5. The summed E-state index contributed by atoms with van der Waals surface area (Å²) in [4.78, 5) is 10.1. The predicted molar refractivity (Wildman–Crippen MR) is 178 cm³/mol. The Kier molecular flexibility index (Phi) is 13.0. The molecule has 2 heterocycles. The van der Waals surface area contributed by atoms with E-state index in [9.17, 15) is 4.39 Å². The van der Waals surface area contributed by atoms with E-state index in [0.717, 1.165) is 68.2 Å². The SMILES string of the molecule is C#C.C=C\C(=C/C(=C\C)C(/C=C(/Cc1cc2c(-c3cccc(F)c3)nccc2[nH]1)C(=C)NC)=C/C)NC(=C)CN(C)C. The number of rotatable bonds is 13. The van der Waals surface area contributed by atoms with Crippen LogP contribution in [-0.2, 0) is 6.42 Å². The lowest BCUT2D eigenvalue weighted by Crippen LogP contribution is -2.23. The van der Waals surface area contributed by atoms with Crippen molar-refractivity contribution in [2.75, 3.05) is 27.7 Å². The Bertz CT molecular complexity index is 1560. The molecule has 1 aromatic carbocycles. The molecule has 3 aromatic rings. The molecule has 5 nitrogen and oxygen atoms in total. The number of fused-ring (bicyclic) bond motifs is 1. The van der Waals surface area contributed by atoms with Gasteiger partial charge in [0.25, 0.3) is 0 Å². The molecule has 3 N–H and O–H groups in total. The molecule has 0 bridgehead atoms. The van der Waals surface area contributed by atoms with E-state index in [1.807, 2.05) is 47.1 Å². The van der Waals surface area contributed by atoms with Crippen molar-refractivity contribution in [3.63, 3.8) is 0 Å². The van der Waals surface area contributed by atoms with Crippen LogP contribution in [0.5, 0.6) is 0 Å². The van der Waals surface area contributed by atoms with Crippen LogP contribution < -0.4 is 10.6 Å². The first-order valence-corrected chi connectivity index (χ1v) is 13.6. The van der Waals surface area contributed by atoms with Gasteiger partial charge in [-0.1, -0.05) is 44.0 Å². The molecule has 0 saturated carbocycles. The van der Waals surface area contributed by atoms with Crippen LogP contribution in [0.3, 0.4) is 0 Å². The number of terminal acetylenes is 1. The maximum Gasteiger partial charge on any atom is 0.123 e. The fourth-order valence-electron chi connectivity index (χ4n) is 4.48. The number of hydrogen-bond donors (Lipinski definition) is 3. The van der Waals surface area contributed by atoms with E-state index in [1.54, 1.807) is 18.3 Å². The molecule has 0 fully saturated rings. The number of likely N-dealkylation sites (N-methyl/N-ethyl adjacent to an activating group) is 2. The van der Waals surface area contributed by atoms with Crippen LogP contribution in [0.4, 0.5) is 4.39 Å². The number of allylic oxidation sites excluding steroid dienone is 8. The third kappa shape index (κ3) is 9.09. The molecule has 0 aliphatic heterocycles. The summed E-state index contributed by atoms with van der Waals surface area (Å²) in [6.45, 7) is 17.1. The molecule has 0 unspecified atom stereocenters. The Morgan fingerprint density at radius 3 is 2.36 bits per heavy atom. The quantitative estimate of drug-likeness (QED) is 0.149. The first-order valence-electron chi connectivity index (χ1n) is 13.6. The molecule has 2 aromatic heterocycles. The van der Waals surface area contributed by atoms with Crippen molar-refractivity contribution in [2.45, 2.75) is 20.3 Å². The van der Waals surface area contributed by atoms with Crippen LogP contribution in [0.25, 0.3) is 22.2 Å². The minimum absolute atomic E-state index is 0.285. The second kappa shape index (κ2) is 16.4. The van der Waals surface area contributed by atoms with Crippen LogP contribution in [0.15, 0.2) is 127 Å². The summed E-state index contributed by atoms with van der Waals surface area (Å²) in [5.74, 6) is -0.285. The Labute approximate surface area is 250 Å². The smallest absolute Gasteiger partial charge is 0.123 e. The molecule has 3 rings (SSSR count). The number of aromatic nitrogens is 2. The van der Waals surface area contributed by atoms with Crippen molar-refractivity contribution in [2.24, 2.45) is 0 Å². The lowest BCUT2D eigenvalue weighted by atomic mass is 9.97. The highest BCUT2D eigenvalue weighted by Crippen LogP contribution is 2.29. The maximum absolute atomic E-state index is 13.9. The molecule has 6 heteroatoms. The average Bonchev–Trinajstić information content (AvgIpc) is 3.40. The Morgan fingerprint density at radius 2 is 1.76 bits per heavy atom. The van der Waals surface area contributed by atoms with Crippen LogP contribution in [0, 0.1) is 18.7 Å². The van der Waals surface area contributed by atoms with E-state index in [-0.39, 0.29) is 5.82 Å². The summed E-state index contributed by atoms with van der Waals surface area (Å²) in [5.41, 5.74) is 9.13. The zero-order valence-electron chi connectivity index (χ0n) is 25.4. The predicted octanol–water partition coefficient (Wildman–Crippen LogP) is 7.45. The summed E-state index contributed by atoms with van der Waals surface area (Å²) in [6, 6.07) is 10.5. The van der Waals surface area contributed by atoms with Gasteiger partial charge in [-0.15, -0.1) is 12.8 Å². The first kappa shape index (κ1) is 33.3. The Balaban J connectivity index is 0.00000301. The lowest BCUT2D eigenvalue weighted by molar-refractivity contribution is 0.438. The van der Waals surface area contributed by atoms with E-state index in [4.69, 9.17) is 0 Å². The number of halogens is 1. The average molecular weight is 564 g/mol. The fraction of sp³-hybridized carbons (Fsp3) is 0.194. The van der Waals surface area contributed by atoms with Crippen LogP contribution in [0.2, 0.25) is 0 Å². The van der Waals surface area contributed by atoms with Gasteiger partial charge in [0.15, 0.2) is 0 Å². The van der Waals surface area contributed by atoms with E-state index in [0.29, 0.717) is 6.42 Å². The Morgan fingerprint density at radius 1 is 1.07 bits per heavy atom. The molecular weight excluding hydrogens is 521 g/mol. The van der Waals surface area contributed by atoms with Gasteiger partial charge < -0.3 is 20.5 Å². The van der Waals surface area contributed by atoms with Crippen molar-refractivity contribution in [1.29, 1.82) is 0 Å². The topological polar surface area (TPSA) is 56.0 Å². The first-order chi connectivity index (χ1) is 20.2. The highest BCUT2D eigenvalue weighted by atomic mass is 19.1. The van der Waals surface area contributed by atoms with Crippen molar-refractivity contribution >= 4 is 10.9 Å². The number of pyridine rings is 1. The van der Waals surface area contributed by atoms with Crippen molar-refractivity contribution in [3.05, 3.63) is 138 Å². The second-order valence-corrected chi connectivity index (χ2v) is 9.76. The largest absolute Gasteiger partial charge is 0.388 e. The molecule has 0 amide bonds. The number of hydrogen-bond acceptors (Lipinski definition) is 4. The van der Waals surface area contributed by atoms with Gasteiger partial charge in [0.1, 0.15) is 5.82 Å². The molecule has 0 aliphatic rings. The minimum Gasteiger partial charge on any atom is -0.388 e. The molecule has 0 aliphatic carbocycles. The molecule has 0 radical (unpaired) electrons. The van der Waals surface area contributed by atoms with Crippen molar-refractivity contribution in [3.8, 4) is 24.1 Å². The Hall–Kier alpha value is -4.86. The van der Waals surface area contributed by atoms with Crippen LogP contribution >= 0.6 is 0 Å². The summed E-state index contributed by atoms with van der Waals surface area (Å²) in [6.07, 6.45) is 20.5. The zero-order valence-corrected chi connectivity index (χ0v) is 25.4. The van der Waals surface area contributed by atoms with E-state index in [2.05, 4.69) is 88.5 Å².